The lowest BCUT2D eigenvalue weighted by molar-refractivity contribution is -0.103. The fraction of sp³-hybridized carbons (Fsp3) is 0.750. The van der Waals surface area contributed by atoms with Gasteiger partial charge in [-0.3, -0.25) is 4.68 Å². The van der Waals surface area contributed by atoms with Crippen LogP contribution in [-0.4, -0.2) is 34.7 Å². The van der Waals surface area contributed by atoms with Gasteiger partial charge in [0.25, 0.3) is 0 Å². The van der Waals surface area contributed by atoms with Gasteiger partial charge in [-0.25, -0.2) is 0 Å². The van der Waals surface area contributed by atoms with Gasteiger partial charge in [0.1, 0.15) is 5.82 Å². The Bertz CT molecular complexity index is 343. The summed E-state index contributed by atoms with van der Waals surface area (Å²) in [7, 11) is 0. The fourth-order valence-corrected chi connectivity index (χ4v) is 2.30. The Morgan fingerprint density at radius 1 is 1.47 bits per heavy atom. The van der Waals surface area contributed by atoms with E-state index < -0.39 is 0 Å². The molecule has 0 amide bonds. The van der Waals surface area contributed by atoms with Gasteiger partial charge in [0.15, 0.2) is 0 Å². The number of aromatic nitrogens is 2. The highest BCUT2D eigenvalue weighted by Crippen LogP contribution is 2.21. The molecule has 5 heteroatoms. The third-order valence-corrected chi connectivity index (χ3v) is 2.99. The lowest BCUT2D eigenvalue weighted by atomic mass is 10.0. The molecule has 1 aliphatic heterocycles. The molecule has 0 aliphatic carbocycles. The molecule has 17 heavy (non-hydrogen) atoms. The van der Waals surface area contributed by atoms with Crippen molar-refractivity contribution in [2.24, 2.45) is 0 Å². The van der Waals surface area contributed by atoms with Crippen molar-refractivity contribution in [1.29, 1.82) is 0 Å². The number of nitrogens with zero attached hydrogens (tertiary/aromatic N) is 2. The van der Waals surface area contributed by atoms with Crippen LogP contribution in [0, 0.1) is 0 Å². The average molecular weight is 239 g/mol. The van der Waals surface area contributed by atoms with Gasteiger partial charge in [-0.15, -0.1) is 0 Å². The van der Waals surface area contributed by atoms with E-state index in [0.29, 0.717) is 30.7 Å². The molecule has 1 aromatic heterocycles. The summed E-state index contributed by atoms with van der Waals surface area (Å²) in [5.41, 5.74) is 5.54. The van der Waals surface area contributed by atoms with E-state index in [9.17, 15) is 0 Å². The predicted molar refractivity (Wildman–Crippen MR) is 65.6 cm³/mol. The van der Waals surface area contributed by atoms with E-state index in [0.717, 1.165) is 19.4 Å². The number of nitrogen functional groups attached to an aromatic ring is 1. The topological polar surface area (TPSA) is 62.3 Å². The zero-order valence-electron chi connectivity index (χ0n) is 10.5. The lowest BCUT2D eigenvalue weighted by Crippen LogP contribution is -2.34. The third-order valence-electron chi connectivity index (χ3n) is 2.99. The molecular formula is C12H21N3O2. The number of anilines is 1. The van der Waals surface area contributed by atoms with E-state index in [4.69, 9.17) is 15.2 Å². The van der Waals surface area contributed by atoms with Crippen LogP contribution in [0.25, 0.3) is 0 Å². The van der Waals surface area contributed by atoms with Crippen molar-refractivity contribution in [3.63, 3.8) is 0 Å². The molecule has 0 bridgehead atoms. The van der Waals surface area contributed by atoms with Crippen LogP contribution in [0.3, 0.4) is 0 Å². The maximum Gasteiger partial charge on any atom is 0.145 e. The summed E-state index contributed by atoms with van der Waals surface area (Å²) in [6, 6.07) is 1.79. The number of hydrogen-bond donors (Lipinski definition) is 1. The van der Waals surface area contributed by atoms with Crippen molar-refractivity contribution in [2.45, 2.75) is 51.5 Å². The lowest BCUT2D eigenvalue weighted by Gasteiger charge is -2.31. The Labute approximate surface area is 102 Å². The minimum atomic E-state index is 0.295. The highest BCUT2D eigenvalue weighted by Gasteiger charge is 2.24. The molecule has 2 atom stereocenters. The van der Waals surface area contributed by atoms with Crippen molar-refractivity contribution in [2.75, 3.05) is 12.3 Å². The van der Waals surface area contributed by atoms with Crippen molar-refractivity contribution in [3.05, 3.63) is 12.3 Å². The Kier molecular flexibility index (Phi) is 4.02. The quantitative estimate of drug-likeness (QED) is 0.863. The molecule has 5 nitrogen and oxygen atoms in total. The van der Waals surface area contributed by atoms with E-state index in [1.54, 1.807) is 6.07 Å². The van der Waals surface area contributed by atoms with Crippen LogP contribution < -0.4 is 5.73 Å². The molecule has 96 valence electrons. The summed E-state index contributed by atoms with van der Waals surface area (Å²) in [5.74, 6) is 0.554. The van der Waals surface area contributed by atoms with Gasteiger partial charge in [0.05, 0.1) is 31.5 Å². The maximum absolute atomic E-state index is 5.86. The molecule has 1 aromatic rings. The largest absolute Gasteiger partial charge is 0.382 e. The van der Waals surface area contributed by atoms with Crippen molar-refractivity contribution >= 4 is 5.82 Å². The van der Waals surface area contributed by atoms with Crippen LogP contribution in [0.1, 0.15) is 26.7 Å². The first-order valence-electron chi connectivity index (χ1n) is 6.19. The Morgan fingerprint density at radius 2 is 2.18 bits per heavy atom. The first kappa shape index (κ1) is 12.4. The van der Waals surface area contributed by atoms with Gasteiger partial charge < -0.3 is 15.2 Å². The maximum atomic E-state index is 5.86. The SMILES string of the molecule is CC1CC(OCCn2ccc(N)n2)CC(C)O1. The first-order chi connectivity index (χ1) is 8.13. The number of rotatable bonds is 4. The summed E-state index contributed by atoms with van der Waals surface area (Å²) >= 11 is 0. The van der Waals surface area contributed by atoms with Gasteiger partial charge in [0, 0.05) is 6.20 Å². The monoisotopic (exact) mass is 239 g/mol. The highest BCUT2D eigenvalue weighted by atomic mass is 16.5. The second-order valence-electron chi connectivity index (χ2n) is 4.73. The Morgan fingerprint density at radius 3 is 2.76 bits per heavy atom. The molecule has 0 saturated carbocycles. The van der Waals surface area contributed by atoms with Crippen molar-refractivity contribution < 1.29 is 9.47 Å². The first-order valence-corrected chi connectivity index (χ1v) is 6.19. The molecule has 2 unspecified atom stereocenters. The zero-order chi connectivity index (χ0) is 12.3. The van der Waals surface area contributed by atoms with Crippen LogP contribution in [0.15, 0.2) is 12.3 Å². The van der Waals surface area contributed by atoms with Crippen LogP contribution >= 0.6 is 0 Å². The molecule has 2 N–H and O–H groups in total. The van der Waals surface area contributed by atoms with E-state index in [2.05, 4.69) is 18.9 Å². The van der Waals surface area contributed by atoms with Gasteiger partial charge in [0.2, 0.25) is 0 Å². The molecular weight excluding hydrogens is 218 g/mol. The van der Waals surface area contributed by atoms with Crippen molar-refractivity contribution in [3.8, 4) is 0 Å². The standard InChI is InChI=1S/C12H21N3O2/c1-9-7-11(8-10(2)17-9)16-6-5-15-4-3-12(13)14-15/h3-4,9-11H,5-8H2,1-2H3,(H2,13,14). The Balaban J connectivity index is 1.71. The molecule has 0 spiro atoms. The summed E-state index contributed by atoms with van der Waals surface area (Å²) in [5, 5.41) is 4.11. The second kappa shape index (κ2) is 5.51. The second-order valence-corrected chi connectivity index (χ2v) is 4.73. The average Bonchev–Trinajstić information content (AvgIpc) is 2.63. The van der Waals surface area contributed by atoms with Crippen LogP contribution in [0.2, 0.25) is 0 Å². The van der Waals surface area contributed by atoms with Gasteiger partial charge >= 0.3 is 0 Å². The number of nitrogens with two attached hydrogens (primary N) is 1. The normalized spacial score (nSPS) is 29.4. The highest BCUT2D eigenvalue weighted by molar-refractivity contribution is 5.23. The summed E-state index contributed by atoms with van der Waals surface area (Å²) in [6.07, 6.45) is 4.72. The van der Waals surface area contributed by atoms with Crippen LogP contribution in [0.4, 0.5) is 5.82 Å². The van der Waals surface area contributed by atoms with Crippen LogP contribution in [-0.2, 0) is 16.0 Å². The number of hydrogen-bond acceptors (Lipinski definition) is 4. The van der Waals surface area contributed by atoms with Crippen molar-refractivity contribution in [1.82, 2.24) is 9.78 Å². The molecule has 2 heterocycles. The van der Waals surface area contributed by atoms with Crippen LogP contribution in [0.5, 0.6) is 0 Å². The zero-order valence-corrected chi connectivity index (χ0v) is 10.5. The summed E-state index contributed by atoms with van der Waals surface area (Å²) in [6.45, 7) is 5.61. The van der Waals surface area contributed by atoms with Gasteiger partial charge in [-0.1, -0.05) is 0 Å². The smallest absolute Gasteiger partial charge is 0.145 e. The van der Waals surface area contributed by atoms with Gasteiger partial charge in [-0.05, 0) is 32.8 Å². The van der Waals surface area contributed by atoms with E-state index in [1.165, 1.54) is 0 Å². The molecule has 1 aliphatic rings. The molecule has 1 fully saturated rings. The predicted octanol–water partition coefficient (Wildman–Crippen LogP) is 1.44. The van der Waals surface area contributed by atoms with Gasteiger partial charge in [-0.2, -0.15) is 5.10 Å². The number of ether oxygens (including phenoxy) is 2. The van der Waals surface area contributed by atoms with E-state index >= 15 is 0 Å². The summed E-state index contributed by atoms with van der Waals surface area (Å²) in [4.78, 5) is 0. The Hall–Kier alpha value is -1.07. The minimum absolute atomic E-state index is 0.295. The minimum Gasteiger partial charge on any atom is -0.382 e. The molecule has 0 radical (unpaired) electrons. The third kappa shape index (κ3) is 3.71. The summed E-state index contributed by atoms with van der Waals surface area (Å²) < 4.78 is 13.3. The molecule has 0 aromatic carbocycles. The molecule has 2 rings (SSSR count). The molecule has 1 saturated heterocycles. The fourth-order valence-electron chi connectivity index (χ4n) is 2.30. The van der Waals surface area contributed by atoms with E-state index in [-0.39, 0.29) is 0 Å². The van der Waals surface area contributed by atoms with E-state index in [1.807, 2.05) is 10.9 Å².